The fraction of sp³-hybridized carbons (Fsp3) is 0.636. The molecule has 2 rings (SSSR count). The van der Waals surface area contributed by atoms with E-state index in [0.29, 0.717) is 11.8 Å². The summed E-state index contributed by atoms with van der Waals surface area (Å²) in [5, 5.41) is 0. The van der Waals surface area contributed by atoms with Gasteiger partial charge in [0.1, 0.15) is 5.82 Å². The lowest BCUT2D eigenvalue weighted by molar-refractivity contribution is 0.517. The van der Waals surface area contributed by atoms with Crippen molar-refractivity contribution in [2.75, 3.05) is 0 Å². The lowest BCUT2D eigenvalue weighted by Crippen LogP contribution is -2.17. The zero-order valence-electron chi connectivity index (χ0n) is 17.7. The van der Waals surface area contributed by atoms with Gasteiger partial charge >= 0.3 is 0 Å². The van der Waals surface area contributed by atoms with E-state index in [1.807, 2.05) is 24.7 Å². The Balaban J connectivity index is 2.04. The van der Waals surface area contributed by atoms with Crippen molar-refractivity contribution in [2.45, 2.75) is 90.9 Å². The van der Waals surface area contributed by atoms with Crippen LogP contribution in [0.25, 0.3) is 0 Å². The zero-order valence-corrected chi connectivity index (χ0v) is 17.7. The van der Waals surface area contributed by atoms with Crippen molar-refractivity contribution in [1.29, 1.82) is 0 Å². The molecule has 0 aromatic carbocycles. The smallest absolute Gasteiger partial charge is 0.133 e. The fourth-order valence-electron chi connectivity index (χ4n) is 2.78. The first kappa shape index (κ1) is 20.5. The zero-order chi connectivity index (χ0) is 19.5. The van der Waals surface area contributed by atoms with Gasteiger partial charge in [0.25, 0.3) is 0 Å². The van der Waals surface area contributed by atoms with Crippen LogP contribution in [0.2, 0.25) is 0 Å². The van der Waals surface area contributed by atoms with Crippen molar-refractivity contribution in [2.24, 2.45) is 0 Å². The Labute approximate surface area is 158 Å². The summed E-state index contributed by atoms with van der Waals surface area (Å²) in [6, 6.07) is 2.05. The van der Waals surface area contributed by atoms with E-state index in [2.05, 4.69) is 65.4 Å². The maximum Gasteiger partial charge on any atom is 0.133 e. The SMILES string of the molecule is CC(CCC(C)c1ccnc(C(C)(C)C)n1)c1cncc(C(C)(C)C)n1. The second-order valence-electron chi connectivity index (χ2n) is 9.51. The average molecular weight is 355 g/mol. The molecule has 2 unspecified atom stereocenters. The third-order valence-corrected chi connectivity index (χ3v) is 4.81. The molecule has 0 saturated heterocycles. The summed E-state index contributed by atoms with van der Waals surface area (Å²) in [4.78, 5) is 18.5. The number of rotatable bonds is 5. The topological polar surface area (TPSA) is 51.6 Å². The summed E-state index contributed by atoms with van der Waals surface area (Å²) in [7, 11) is 0. The first-order valence-electron chi connectivity index (χ1n) is 9.64. The maximum absolute atomic E-state index is 4.85. The predicted octanol–water partition coefficient (Wildman–Crippen LogP) is 5.55. The molecular weight excluding hydrogens is 320 g/mol. The maximum atomic E-state index is 4.85. The Morgan fingerprint density at radius 1 is 0.808 bits per heavy atom. The van der Waals surface area contributed by atoms with Crippen LogP contribution >= 0.6 is 0 Å². The monoisotopic (exact) mass is 354 g/mol. The molecule has 2 atom stereocenters. The van der Waals surface area contributed by atoms with Gasteiger partial charge in [-0.1, -0.05) is 55.4 Å². The quantitative estimate of drug-likeness (QED) is 0.706. The normalized spacial score (nSPS) is 14.9. The lowest BCUT2D eigenvalue weighted by atomic mass is 9.91. The Morgan fingerprint density at radius 3 is 2.00 bits per heavy atom. The highest BCUT2D eigenvalue weighted by atomic mass is 14.9. The Hall–Kier alpha value is -1.84. The molecule has 0 bridgehead atoms. The van der Waals surface area contributed by atoms with E-state index in [1.54, 1.807) is 0 Å². The van der Waals surface area contributed by atoms with Gasteiger partial charge in [-0.3, -0.25) is 9.97 Å². The highest BCUT2D eigenvalue weighted by molar-refractivity contribution is 5.15. The lowest BCUT2D eigenvalue weighted by Gasteiger charge is -2.21. The molecule has 2 heterocycles. The van der Waals surface area contributed by atoms with Gasteiger partial charge in [0.05, 0.1) is 11.4 Å². The van der Waals surface area contributed by atoms with Crippen molar-refractivity contribution >= 4 is 0 Å². The molecule has 0 N–H and O–H groups in total. The molecule has 0 aliphatic heterocycles. The third kappa shape index (κ3) is 5.33. The van der Waals surface area contributed by atoms with E-state index in [-0.39, 0.29) is 10.8 Å². The van der Waals surface area contributed by atoms with Gasteiger partial charge in [-0.2, -0.15) is 0 Å². The first-order valence-corrected chi connectivity index (χ1v) is 9.64. The minimum absolute atomic E-state index is 0.0218. The van der Waals surface area contributed by atoms with Gasteiger partial charge in [-0.05, 0) is 30.7 Å². The summed E-state index contributed by atoms with van der Waals surface area (Å²) >= 11 is 0. The molecule has 0 spiro atoms. The Bertz CT molecular complexity index is 662. The minimum atomic E-state index is -0.0218. The van der Waals surface area contributed by atoms with Crippen LogP contribution in [0.15, 0.2) is 24.7 Å². The molecule has 142 valence electrons. The third-order valence-electron chi connectivity index (χ3n) is 4.81. The molecule has 4 nitrogen and oxygen atoms in total. The van der Waals surface area contributed by atoms with Gasteiger partial charge in [0, 0.05) is 35.1 Å². The highest BCUT2D eigenvalue weighted by Crippen LogP contribution is 2.28. The second-order valence-corrected chi connectivity index (χ2v) is 9.51. The average Bonchev–Trinajstić information content (AvgIpc) is 2.58. The Kier molecular flexibility index (Phi) is 6.15. The number of hydrogen-bond donors (Lipinski definition) is 0. The van der Waals surface area contributed by atoms with Crippen LogP contribution < -0.4 is 0 Å². The molecule has 0 aliphatic carbocycles. The van der Waals surface area contributed by atoms with Crippen LogP contribution in [0.4, 0.5) is 0 Å². The summed E-state index contributed by atoms with van der Waals surface area (Å²) in [5.41, 5.74) is 3.28. The van der Waals surface area contributed by atoms with E-state index in [1.165, 1.54) is 0 Å². The van der Waals surface area contributed by atoms with E-state index in [0.717, 1.165) is 35.7 Å². The largest absolute Gasteiger partial charge is 0.261 e. The molecule has 0 fully saturated rings. The predicted molar refractivity (Wildman–Crippen MR) is 108 cm³/mol. The van der Waals surface area contributed by atoms with Gasteiger partial charge in [-0.25, -0.2) is 9.97 Å². The first-order chi connectivity index (χ1) is 12.0. The van der Waals surface area contributed by atoms with Crippen LogP contribution in [0.3, 0.4) is 0 Å². The Morgan fingerprint density at radius 2 is 1.42 bits per heavy atom. The summed E-state index contributed by atoms with van der Waals surface area (Å²) in [6.45, 7) is 17.5. The van der Waals surface area contributed by atoms with E-state index >= 15 is 0 Å². The summed E-state index contributed by atoms with van der Waals surface area (Å²) in [6.07, 6.45) is 7.82. The molecule has 0 saturated carbocycles. The number of aromatic nitrogens is 4. The molecule has 2 aromatic heterocycles. The van der Waals surface area contributed by atoms with E-state index < -0.39 is 0 Å². The van der Waals surface area contributed by atoms with Crippen LogP contribution in [0.1, 0.15) is 103 Å². The molecule has 0 aliphatic rings. The molecule has 0 radical (unpaired) electrons. The van der Waals surface area contributed by atoms with Gasteiger partial charge < -0.3 is 0 Å². The van der Waals surface area contributed by atoms with Crippen LogP contribution in [0.5, 0.6) is 0 Å². The standard InChI is InChI=1S/C22H34N4/c1-15(17-11-12-24-20(26-17)22(6,7)8)9-10-16(2)18-13-23-14-19(25-18)21(3,4)5/h11-16H,9-10H2,1-8H3. The van der Waals surface area contributed by atoms with Crippen LogP contribution in [-0.4, -0.2) is 19.9 Å². The van der Waals surface area contributed by atoms with Gasteiger partial charge in [0.15, 0.2) is 0 Å². The van der Waals surface area contributed by atoms with Crippen molar-refractivity contribution in [1.82, 2.24) is 19.9 Å². The highest BCUT2D eigenvalue weighted by Gasteiger charge is 2.20. The number of hydrogen-bond acceptors (Lipinski definition) is 4. The fourth-order valence-corrected chi connectivity index (χ4v) is 2.78. The second kappa shape index (κ2) is 7.81. The summed E-state index contributed by atoms with van der Waals surface area (Å²) in [5.74, 6) is 1.70. The van der Waals surface area contributed by atoms with Crippen molar-refractivity contribution in [3.63, 3.8) is 0 Å². The molecule has 0 amide bonds. The van der Waals surface area contributed by atoms with Gasteiger partial charge in [-0.15, -0.1) is 0 Å². The summed E-state index contributed by atoms with van der Waals surface area (Å²) < 4.78 is 0. The van der Waals surface area contributed by atoms with Crippen molar-refractivity contribution in [3.05, 3.63) is 47.6 Å². The molecule has 4 heteroatoms. The van der Waals surface area contributed by atoms with Crippen molar-refractivity contribution in [3.8, 4) is 0 Å². The van der Waals surface area contributed by atoms with E-state index in [4.69, 9.17) is 9.97 Å². The molecule has 2 aromatic rings. The van der Waals surface area contributed by atoms with E-state index in [9.17, 15) is 0 Å². The van der Waals surface area contributed by atoms with Crippen molar-refractivity contribution < 1.29 is 0 Å². The van der Waals surface area contributed by atoms with Gasteiger partial charge in [0.2, 0.25) is 0 Å². The van der Waals surface area contributed by atoms with Crippen LogP contribution in [-0.2, 0) is 10.8 Å². The minimum Gasteiger partial charge on any atom is -0.261 e. The molecular formula is C22H34N4. The molecule has 26 heavy (non-hydrogen) atoms. The van der Waals surface area contributed by atoms with Crippen LogP contribution in [0, 0.1) is 0 Å². The number of nitrogens with zero attached hydrogens (tertiary/aromatic N) is 4.